The lowest BCUT2D eigenvalue weighted by Crippen LogP contribution is -2.06. The fourth-order valence-corrected chi connectivity index (χ4v) is 6.13. The first-order valence-electron chi connectivity index (χ1n) is 15.6. The van der Waals surface area contributed by atoms with Gasteiger partial charge in [-0.2, -0.15) is 0 Å². The van der Waals surface area contributed by atoms with Crippen molar-refractivity contribution in [2.24, 2.45) is 0 Å². The number of allylic oxidation sites excluding steroid dienone is 7. The van der Waals surface area contributed by atoms with E-state index in [4.69, 9.17) is 15.4 Å². The maximum Gasteiger partial charge on any atom is 0.160 e. The second kappa shape index (κ2) is 13.0. The summed E-state index contributed by atoms with van der Waals surface area (Å²) in [6.45, 7) is 3.80. The van der Waals surface area contributed by atoms with Gasteiger partial charge in [0.05, 0.1) is 11.4 Å². The molecule has 0 saturated heterocycles. The normalized spacial score (nSPS) is 14.6. The van der Waals surface area contributed by atoms with E-state index in [1.165, 1.54) is 28.1 Å². The Labute approximate surface area is 270 Å². The first-order valence-corrected chi connectivity index (χ1v) is 15.6. The van der Waals surface area contributed by atoms with Crippen LogP contribution in [0.4, 0.5) is 0 Å². The number of hydrogen-bond acceptors (Lipinski definition) is 3. The molecule has 0 spiro atoms. The number of hydrogen-bond donors (Lipinski definition) is 1. The van der Waals surface area contributed by atoms with Crippen molar-refractivity contribution in [1.29, 1.82) is 5.41 Å². The number of benzene rings is 5. The van der Waals surface area contributed by atoms with Crippen LogP contribution in [0.3, 0.4) is 0 Å². The summed E-state index contributed by atoms with van der Waals surface area (Å²) in [5.74, 6) is 0.785. The van der Waals surface area contributed by atoms with Crippen molar-refractivity contribution in [3.63, 3.8) is 0 Å². The van der Waals surface area contributed by atoms with Gasteiger partial charge in [-0.15, -0.1) is 0 Å². The minimum atomic E-state index is 0.0820. The third-order valence-electron chi connectivity index (χ3n) is 8.50. The topological polar surface area (TPSA) is 49.6 Å². The smallest absolute Gasteiger partial charge is 0.160 e. The van der Waals surface area contributed by atoms with Crippen molar-refractivity contribution in [2.45, 2.75) is 12.3 Å². The quantitative estimate of drug-likeness (QED) is 0.141. The molecule has 3 heteroatoms. The van der Waals surface area contributed by atoms with Gasteiger partial charge in [0.1, 0.15) is 0 Å². The van der Waals surface area contributed by atoms with Crippen LogP contribution in [0.15, 0.2) is 175 Å². The third-order valence-corrected chi connectivity index (χ3v) is 8.50. The third kappa shape index (κ3) is 5.91. The minimum absolute atomic E-state index is 0.0820. The van der Waals surface area contributed by atoms with E-state index in [0.717, 1.165) is 51.2 Å². The first-order chi connectivity index (χ1) is 22.7. The van der Waals surface area contributed by atoms with Crippen LogP contribution in [0.1, 0.15) is 18.0 Å². The van der Waals surface area contributed by atoms with Gasteiger partial charge in [0.2, 0.25) is 0 Å². The van der Waals surface area contributed by atoms with E-state index in [1.807, 2.05) is 12.1 Å². The van der Waals surface area contributed by atoms with Crippen molar-refractivity contribution in [1.82, 2.24) is 9.97 Å². The average molecular weight is 592 g/mol. The summed E-state index contributed by atoms with van der Waals surface area (Å²) in [5.41, 5.74) is 10.4. The molecule has 0 fully saturated rings. The van der Waals surface area contributed by atoms with Crippen molar-refractivity contribution in [2.75, 3.05) is 0 Å². The van der Waals surface area contributed by atoms with Crippen molar-refractivity contribution >= 4 is 17.0 Å². The maximum absolute atomic E-state index is 7.83. The Morgan fingerprint density at radius 2 is 1.39 bits per heavy atom. The molecule has 3 nitrogen and oxygen atoms in total. The molecule has 1 heterocycles. The predicted octanol–water partition coefficient (Wildman–Crippen LogP) is 11.0. The number of fused-ring (bicyclic) bond motifs is 1. The standard InChI is InChI=1S/C43H33N3/c1-2-11-38(29-44)31-22-24-33(25-23-31)41-28-42(36-18-8-16-34(26-36)30-12-4-3-5-13-30)46-43(45-41)37-19-9-17-35(27-37)40-21-10-15-32-14-6-7-20-39(32)40/h2-24,26-29,33,44H,1,25H2/b38-11+,44-29?. The molecule has 1 aliphatic carbocycles. The van der Waals surface area contributed by atoms with Gasteiger partial charge in [-0.25, -0.2) is 9.97 Å². The molecule has 1 N–H and O–H groups in total. The molecular weight excluding hydrogens is 558 g/mol. The van der Waals surface area contributed by atoms with Gasteiger partial charge in [0.15, 0.2) is 5.82 Å². The van der Waals surface area contributed by atoms with Crippen LogP contribution in [-0.4, -0.2) is 16.2 Å². The summed E-state index contributed by atoms with van der Waals surface area (Å²) in [6.07, 6.45) is 12.2. The zero-order chi connectivity index (χ0) is 31.3. The first kappa shape index (κ1) is 28.8. The van der Waals surface area contributed by atoms with Crippen LogP contribution >= 0.6 is 0 Å². The molecule has 0 amide bonds. The Balaban J connectivity index is 1.33. The van der Waals surface area contributed by atoms with Gasteiger partial charge < -0.3 is 5.41 Å². The number of aromatic nitrogens is 2. The molecule has 5 aromatic carbocycles. The maximum atomic E-state index is 7.83. The van der Waals surface area contributed by atoms with Crippen LogP contribution < -0.4 is 0 Å². The van der Waals surface area contributed by atoms with Gasteiger partial charge in [-0.1, -0.05) is 146 Å². The molecule has 1 atom stereocenters. The van der Waals surface area contributed by atoms with E-state index in [9.17, 15) is 0 Å². The van der Waals surface area contributed by atoms with E-state index in [1.54, 1.807) is 6.08 Å². The molecule has 1 unspecified atom stereocenters. The van der Waals surface area contributed by atoms with E-state index >= 15 is 0 Å². The lowest BCUT2D eigenvalue weighted by Gasteiger charge is -2.18. The Morgan fingerprint density at radius 1 is 0.696 bits per heavy atom. The largest absolute Gasteiger partial charge is 0.308 e. The van der Waals surface area contributed by atoms with E-state index in [0.29, 0.717) is 5.82 Å². The second-order valence-corrected chi connectivity index (χ2v) is 11.4. The van der Waals surface area contributed by atoms with Crippen LogP contribution in [0.25, 0.3) is 55.7 Å². The van der Waals surface area contributed by atoms with Gasteiger partial charge in [-0.05, 0) is 68.8 Å². The molecule has 1 aliphatic rings. The highest BCUT2D eigenvalue weighted by molar-refractivity contribution is 5.97. The Hall–Kier alpha value is -5.93. The molecule has 46 heavy (non-hydrogen) atoms. The van der Waals surface area contributed by atoms with E-state index in [2.05, 4.69) is 146 Å². The van der Waals surface area contributed by atoms with Gasteiger partial charge in [0.25, 0.3) is 0 Å². The van der Waals surface area contributed by atoms with Crippen molar-refractivity contribution < 1.29 is 0 Å². The van der Waals surface area contributed by atoms with Crippen LogP contribution in [0.2, 0.25) is 0 Å². The molecule has 0 radical (unpaired) electrons. The highest BCUT2D eigenvalue weighted by Gasteiger charge is 2.18. The molecule has 6 aromatic rings. The average Bonchev–Trinajstić information content (AvgIpc) is 3.14. The molecule has 7 rings (SSSR count). The zero-order valence-electron chi connectivity index (χ0n) is 25.5. The van der Waals surface area contributed by atoms with E-state index < -0.39 is 0 Å². The summed E-state index contributed by atoms with van der Waals surface area (Å²) < 4.78 is 0. The SMILES string of the molecule is C=C/C=C(\C=N)C1=CCC(c2cc(-c3cccc(-c4ccccc4)c3)nc(-c3cccc(-c4cccc5ccccc45)c3)n2)C=C1. The summed E-state index contributed by atoms with van der Waals surface area (Å²) >= 11 is 0. The Kier molecular flexibility index (Phi) is 8.13. The fraction of sp³-hybridized carbons (Fsp3) is 0.0465. The summed E-state index contributed by atoms with van der Waals surface area (Å²) in [4.78, 5) is 10.4. The summed E-state index contributed by atoms with van der Waals surface area (Å²) in [5, 5.41) is 10.3. The highest BCUT2D eigenvalue weighted by atomic mass is 14.9. The van der Waals surface area contributed by atoms with Crippen molar-refractivity contribution in [3.05, 3.63) is 181 Å². The fourth-order valence-electron chi connectivity index (χ4n) is 6.13. The number of nitrogens with one attached hydrogen (secondary N) is 1. The highest BCUT2D eigenvalue weighted by Crippen LogP contribution is 2.35. The summed E-state index contributed by atoms with van der Waals surface area (Å²) in [6, 6.07) is 44.7. The van der Waals surface area contributed by atoms with Crippen LogP contribution in [0.5, 0.6) is 0 Å². The molecule has 0 bridgehead atoms. The Morgan fingerprint density at radius 3 is 2.20 bits per heavy atom. The zero-order valence-corrected chi connectivity index (χ0v) is 25.5. The Bertz CT molecular complexity index is 2160. The van der Waals surface area contributed by atoms with E-state index in [-0.39, 0.29) is 5.92 Å². The number of rotatable bonds is 8. The molecule has 1 aromatic heterocycles. The van der Waals surface area contributed by atoms with Crippen LogP contribution in [-0.2, 0) is 0 Å². The molecule has 0 saturated carbocycles. The summed E-state index contributed by atoms with van der Waals surface area (Å²) in [7, 11) is 0. The lowest BCUT2D eigenvalue weighted by molar-refractivity contribution is 0.807. The monoisotopic (exact) mass is 591 g/mol. The minimum Gasteiger partial charge on any atom is -0.308 e. The van der Waals surface area contributed by atoms with Gasteiger partial charge in [-0.3, -0.25) is 0 Å². The molecule has 220 valence electrons. The number of nitrogens with zero attached hydrogens (tertiary/aromatic N) is 2. The van der Waals surface area contributed by atoms with Gasteiger partial charge >= 0.3 is 0 Å². The predicted molar refractivity (Wildman–Crippen MR) is 193 cm³/mol. The molecule has 0 aliphatic heterocycles. The molecular formula is C43H33N3. The van der Waals surface area contributed by atoms with Gasteiger partial charge in [0, 0.05) is 23.3 Å². The second-order valence-electron chi connectivity index (χ2n) is 11.4. The lowest BCUT2D eigenvalue weighted by atomic mass is 9.90. The van der Waals surface area contributed by atoms with Crippen LogP contribution in [0, 0.1) is 5.41 Å². The van der Waals surface area contributed by atoms with Crippen molar-refractivity contribution in [3.8, 4) is 44.9 Å².